The van der Waals surface area contributed by atoms with Crippen LogP contribution >= 0.6 is 0 Å². The summed E-state index contributed by atoms with van der Waals surface area (Å²) in [5.74, 6) is 3.38. The lowest BCUT2D eigenvalue weighted by Crippen LogP contribution is -2.16. The molecule has 1 aliphatic carbocycles. The van der Waals surface area contributed by atoms with E-state index in [1.807, 2.05) is 13.8 Å². The smallest absolute Gasteiger partial charge is 0.134 e. The zero-order chi connectivity index (χ0) is 7.78. The number of hydrogen-bond acceptors (Lipinski definition) is 1. The molecule has 2 atom stereocenters. The van der Waals surface area contributed by atoms with E-state index in [-0.39, 0.29) is 5.41 Å². The Kier molecular flexibility index (Phi) is 1.56. The summed E-state index contributed by atoms with van der Waals surface area (Å²) < 4.78 is 0. The third-order valence-corrected chi connectivity index (χ3v) is 2.52. The average molecular weight is 136 g/mol. The Morgan fingerprint density at radius 2 is 2.40 bits per heavy atom. The molecule has 0 aromatic heterocycles. The number of Topliss-reactive ketones (excluding diaryl/α,β-unsaturated/α-hetero) is 1. The van der Waals surface area contributed by atoms with Crippen molar-refractivity contribution in [2.45, 2.75) is 26.7 Å². The van der Waals surface area contributed by atoms with Gasteiger partial charge in [-0.2, -0.15) is 0 Å². The number of ketones is 1. The predicted octanol–water partition coefficient (Wildman–Crippen LogP) is 1.62. The van der Waals surface area contributed by atoms with Crippen LogP contribution in [0.5, 0.6) is 0 Å². The van der Waals surface area contributed by atoms with E-state index in [9.17, 15) is 4.79 Å². The van der Waals surface area contributed by atoms with Gasteiger partial charge in [0.1, 0.15) is 5.78 Å². The molecule has 1 rings (SSSR count). The lowest BCUT2D eigenvalue weighted by atomic mass is 9.82. The molecule has 0 bridgehead atoms. The molecule has 0 aromatic carbocycles. The van der Waals surface area contributed by atoms with Crippen LogP contribution in [0.2, 0.25) is 0 Å². The summed E-state index contributed by atoms with van der Waals surface area (Å²) in [7, 11) is 0. The van der Waals surface area contributed by atoms with Crippen molar-refractivity contribution in [3.63, 3.8) is 0 Å². The van der Waals surface area contributed by atoms with Gasteiger partial charge in [0.05, 0.1) is 0 Å². The van der Waals surface area contributed by atoms with Gasteiger partial charge in [-0.1, -0.05) is 12.8 Å². The molecular formula is C9H12O. The quantitative estimate of drug-likeness (QED) is 0.462. The number of hydrogen-bond donors (Lipinski definition) is 0. The van der Waals surface area contributed by atoms with Gasteiger partial charge >= 0.3 is 0 Å². The van der Waals surface area contributed by atoms with Crippen molar-refractivity contribution < 1.29 is 4.79 Å². The normalized spacial score (nSPS) is 39.7. The van der Waals surface area contributed by atoms with E-state index in [0.29, 0.717) is 24.5 Å². The molecule has 10 heavy (non-hydrogen) atoms. The summed E-state index contributed by atoms with van der Waals surface area (Å²) in [6.07, 6.45) is 6.56. The maximum absolute atomic E-state index is 10.9. The van der Waals surface area contributed by atoms with Crippen LogP contribution in [0.25, 0.3) is 0 Å². The monoisotopic (exact) mass is 136 g/mol. The fourth-order valence-electron chi connectivity index (χ4n) is 1.42. The molecule has 0 amide bonds. The van der Waals surface area contributed by atoms with E-state index in [1.54, 1.807) is 0 Å². The molecule has 1 saturated carbocycles. The molecule has 1 aliphatic rings. The largest absolute Gasteiger partial charge is 0.300 e. The van der Waals surface area contributed by atoms with Gasteiger partial charge in [-0.3, -0.25) is 4.79 Å². The van der Waals surface area contributed by atoms with Gasteiger partial charge < -0.3 is 0 Å². The van der Waals surface area contributed by atoms with Crippen LogP contribution in [-0.2, 0) is 4.79 Å². The van der Waals surface area contributed by atoms with Crippen molar-refractivity contribution in [3.05, 3.63) is 0 Å². The molecule has 0 aliphatic heterocycles. The van der Waals surface area contributed by atoms with Crippen LogP contribution in [0.3, 0.4) is 0 Å². The summed E-state index contributed by atoms with van der Waals surface area (Å²) in [6.45, 7) is 4.04. The highest BCUT2D eigenvalue weighted by Gasteiger charge is 2.38. The highest BCUT2D eigenvalue weighted by atomic mass is 16.1. The van der Waals surface area contributed by atoms with Crippen molar-refractivity contribution >= 4 is 5.78 Å². The summed E-state index contributed by atoms with van der Waals surface area (Å²) in [5, 5.41) is 0. The van der Waals surface area contributed by atoms with Crippen molar-refractivity contribution in [2.24, 2.45) is 11.3 Å². The lowest BCUT2D eigenvalue weighted by molar-refractivity contribution is -0.117. The minimum absolute atomic E-state index is 0.156. The van der Waals surface area contributed by atoms with E-state index in [2.05, 4.69) is 5.92 Å². The maximum Gasteiger partial charge on any atom is 0.134 e. The first-order valence-electron chi connectivity index (χ1n) is 3.58. The number of carbonyl (C=O) groups is 1. The summed E-state index contributed by atoms with van der Waals surface area (Å²) in [5.41, 5.74) is -0.156. The van der Waals surface area contributed by atoms with Gasteiger partial charge in [0, 0.05) is 18.3 Å². The highest BCUT2D eigenvalue weighted by molar-refractivity contribution is 5.82. The number of carbonyl (C=O) groups excluding carboxylic acids is 1. The summed E-state index contributed by atoms with van der Waals surface area (Å²) >= 11 is 0. The third-order valence-electron chi connectivity index (χ3n) is 2.52. The van der Waals surface area contributed by atoms with Crippen molar-refractivity contribution in [1.29, 1.82) is 0 Å². The van der Waals surface area contributed by atoms with E-state index in [0.717, 1.165) is 0 Å². The Labute approximate surface area is 61.8 Å². The van der Waals surface area contributed by atoms with Crippen LogP contribution in [0.15, 0.2) is 0 Å². The summed E-state index contributed by atoms with van der Waals surface area (Å²) in [6, 6.07) is 0. The van der Waals surface area contributed by atoms with Crippen molar-refractivity contribution in [1.82, 2.24) is 0 Å². The molecule has 1 nitrogen and oxygen atoms in total. The first-order valence-corrected chi connectivity index (χ1v) is 3.58. The maximum atomic E-state index is 10.9. The van der Waals surface area contributed by atoms with Crippen LogP contribution < -0.4 is 0 Å². The van der Waals surface area contributed by atoms with E-state index in [1.165, 1.54) is 0 Å². The Hall–Kier alpha value is -0.770. The third kappa shape index (κ3) is 0.945. The second-order valence-corrected chi connectivity index (χ2v) is 3.38. The first-order chi connectivity index (χ1) is 4.58. The molecule has 0 heterocycles. The van der Waals surface area contributed by atoms with E-state index in [4.69, 9.17) is 6.42 Å². The number of rotatable bonds is 0. The molecule has 2 unspecified atom stereocenters. The summed E-state index contributed by atoms with van der Waals surface area (Å²) in [4.78, 5) is 10.9. The SMILES string of the molecule is C#CC1(C)CC(=O)CC1C. The minimum Gasteiger partial charge on any atom is -0.300 e. The Balaban J connectivity index is 2.83. The molecule has 0 radical (unpaired) electrons. The van der Waals surface area contributed by atoms with Gasteiger partial charge in [-0.05, 0) is 12.8 Å². The molecule has 0 spiro atoms. The zero-order valence-electron chi connectivity index (χ0n) is 6.48. The van der Waals surface area contributed by atoms with Gasteiger partial charge in [0.2, 0.25) is 0 Å². The number of terminal acetylenes is 1. The average Bonchev–Trinajstić information content (AvgIpc) is 2.09. The van der Waals surface area contributed by atoms with Crippen molar-refractivity contribution in [2.75, 3.05) is 0 Å². The van der Waals surface area contributed by atoms with Crippen LogP contribution in [-0.4, -0.2) is 5.78 Å². The van der Waals surface area contributed by atoms with Crippen molar-refractivity contribution in [3.8, 4) is 12.3 Å². The van der Waals surface area contributed by atoms with Gasteiger partial charge in [-0.25, -0.2) is 0 Å². The Bertz CT molecular complexity index is 199. The topological polar surface area (TPSA) is 17.1 Å². The fourth-order valence-corrected chi connectivity index (χ4v) is 1.42. The predicted molar refractivity (Wildman–Crippen MR) is 40.3 cm³/mol. The van der Waals surface area contributed by atoms with Gasteiger partial charge in [0.25, 0.3) is 0 Å². The molecule has 1 fully saturated rings. The molecule has 0 saturated heterocycles. The van der Waals surface area contributed by atoms with Gasteiger partial charge in [0.15, 0.2) is 0 Å². The molecular weight excluding hydrogens is 124 g/mol. The lowest BCUT2D eigenvalue weighted by Gasteiger charge is -2.20. The second-order valence-electron chi connectivity index (χ2n) is 3.38. The minimum atomic E-state index is -0.156. The van der Waals surface area contributed by atoms with E-state index >= 15 is 0 Å². The van der Waals surface area contributed by atoms with Crippen LogP contribution in [0.4, 0.5) is 0 Å². The molecule has 0 aromatic rings. The van der Waals surface area contributed by atoms with Gasteiger partial charge in [-0.15, -0.1) is 6.42 Å². The second kappa shape index (κ2) is 2.12. The van der Waals surface area contributed by atoms with Crippen LogP contribution in [0, 0.1) is 23.7 Å². The fraction of sp³-hybridized carbons (Fsp3) is 0.667. The Morgan fingerprint density at radius 3 is 2.60 bits per heavy atom. The first kappa shape index (κ1) is 7.34. The molecule has 1 heteroatoms. The Morgan fingerprint density at radius 1 is 1.80 bits per heavy atom. The molecule has 54 valence electrons. The molecule has 0 N–H and O–H groups in total. The highest BCUT2D eigenvalue weighted by Crippen LogP contribution is 2.39. The standard InChI is InChI=1S/C9H12O/c1-4-9(3)6-8(10)5-7(9)2/h1,7H,5-6H2,2-3H3. The van der Waals surface area contributed by atoms with Crippen LogP contribution in [0.1, 0.15) is 26.7 Å². The van der Waals surface area contributed by atoms with E-state index < -0.39 is 0 Å². The zero-order valence-corrected chi connectivity index (χ0v) is 6.48.